The monoisotopic (exact) mass is 357 g/mol. The van der Waals surface area contributed by atoms with Gasteiger partial charge in [0.1, 0.15) is 0 Å². The first-order chi connectivity index (χ1) is 8.16. The summed E-state index contributed by atoms with van der Waals surface area (Å²) in [6.45, 7) is 2.92. The third kappa shape index (κ3) is 3.40. The number of aromatic amines is 1. The van der Waals surface area contributed by atoms with Crippen molar-refractivity contribution in [3.8, 4) is 0 Å². The molecule has 1 heterocycles. The van der Waals surface area contributed by atoms with E-state index in [1.165, 1.54) is 5.56 Å². The summed E-state index contributed by atoms with van der Waals surface area (Å²) in [4.78, 5) is 7.07. The molecule has 2 rings (SSSR count). The van der Waals surface area contributed by atoms with E-state index >= 15 is 0 Å². The Hall–Kier alpha value is -0.650. The van der Waals surface area contributed by atoms with Crippen LogP contribution < -0.4 is 5.32 Å². The van der Waals surface area contributed by atoms with Crippen molar-refractivity contribution in [1.82, 2.24) is 15.3 Å². The molecule has 0 saturated heterocycles. The fraction of sp³-hybridized carbons (Fsp3) is 0.250. The maximum absolute atomic E-state index is 3.99. The Morgan fingerprint density at radius 1 is 1.41 bits per heavy atom. The van der Waals surface area contributed by atoms with E-state index in [1.54, 1.807) is 6.33 Å². The molecule has 5 heteroatoms. The minimum atomic E-state index is 0.278. The molecule has 0 bridgehead atoms. The zero-order valence-electron chi connectivity index (χ0n) is 9.37. The van der Waals surface area contributed by atoms with Crippen LogP contribution in [0.25, 0.3) is 0 Å². The molecule has 2 N–H and O–H groups in total. The highest BCUT2D eigenvalue weighted by Crippen LogP contribution is 2.26. The summed E-state index contributed by atoms with van der Waals surface area (Å²) >= 11 is 7.03. The molecule has 90 valence electrons. The van der Waals surface area contributed by atoms with Crippen LogP contribution in [-0.2, 0) is 6.54 Å². The summed E-state index contributed by atoms with van der Waals surface area (Å²) in [7, 11) is 0. The first-order valence-corrected chi connectivity index (χ1v) is 6.91. The number of benzene rings is 1. The number of rotatable bonds is 4. The van der Waals surface area contributed by atoms with Crippen LogP contribution >= 0.6 is 31.9 Å². The van der Waals surface area contributed by atoms with E-state index in [0.717, 1.165) is 21.2 Å². The summed E-state index contributed by atoms with van der Waals surface area (Å²) < 4.78 is 2.19. The van der Waals surface area contributed by atoms with E-state index in [0.29, 0.717) is 0 Å². The molecule has 0 fully saturated rings. The summed E-state index contributed by atoms with van der Waals surface area (Å²) in [5, 5.41) is 3.45. The molecular weight excluding hydrogens is 346 g/mol. The van der Waals surface area contributed by atoms with Gasteiger partial charge in [-0.2, -0.15) is 0 Å². The molecule has 3 nitrogen and oxygen atoms in total. The third-order valence-corrected chi connectivity index (χ3v) is 3.76. The normalized spacial score (nSPS) is 12.6. The van der Waals surface area contributed by atoms with Gasteiger partial charge >= 0.3 is 0 Å². The first kappa shape index (κ1) is 12.8. The van der Waals surface area contributed by atoms with Gasteiger partial charge in [-0.15, -0.1) is 0 Å². The van der Waals surface area contributed by atoms with Crippen LogP contribution in [0.4, 0.5) is 0 Å². The molecule has 17 heavy (non-hydrogen) atoms. The first-order valence-electron chi connectivity index (χ1n) is 5.32. The number of hydrogen-bond donors (Lipinski definition) is 2. The number of nitrogens with zero attached hydrogens (tertiary/aromatic N) is 1. The summed E-state index contributed by atoms with van der Waals surface area (Å²) in [5.74, 6) is 0. The van der Waals surface area contributed by atoms with E-state index in [4.69, 9.17) is 0 Å². The van der Waals surface area contributed by atoms with Gasteiger partial charge in [0.25, 0.3) is 0 Å². The molecule has 2 aromatic rings. The molecule has 0 amide bonds. The van der Waals surface area contributed by atoms with Crippen molar-refractivity contribution in [2.45, 2.75) is 19.5 Å². The zero-order chi connectivity index (χ0) is 12.3. The number of aromatic nitrogens is 2. The Morgan fingerprint density at radius 3 is 2.88 bits per heavy atom. The minimum Gasteiger partial charge on any atom is -0.347 e. The van der Waals surface area contributed by atoms with Gasteiger partial charge in [0, 0.05) is 33.4 Å². The van der Waals surface area contributed by atoms with Crippen molar-refractivity contribution < 1.29 is 0 Å². The number of H-pyrrole nitrogens is 1. The van der Waals surface area contributed by atoms with Gasteiger partial charge < -0.3 is 10.3 Å². The number of imidazole rings is 1. The van der Waals surface area contributed by atoms with Crippen molar-refractivity contribution in [2.24, 2.45) is 0 Å². The van der Waals surface area contributed by atoms with E-state index in [1.807, 2.05) is 6.20 Å². The second-order valence-electron chi connectivity index (χ2n) is 3.85. The van der Waals surface area contributed by atoms with Crippen molar-refractivity contribution >= 4 is 31.9 Å². The number of halogens is 2. The van der Waals surface area contributed by atoms with Gasteiger partial charge in [-0.1, -0.05) is 37.9 Å². The molecule has 1 aromatic heterocycles. The van der Waals surface area contributed by atoms with Gasteiger partial charge in [0.05, 0.1) is 6.33 Å². The van der Waals surface area contributed by atoms with Crippen LogP contribution in [0.2, 0.25) is 0 Å². The highest BCUT2D eigenvalue weighted by Gasteiger charge is 2.09. The highest BCUT2D eigenvalue weighted by atomic mass is 79.9. The second kappa shape index (κ2) is 5.80. The van der Waals surface area contributed by atoms with Crippen LogP contribution in [0, 0.1) is 0 Å². The summed E-state index contributed by atoms with van der Waals surface area (Å²) in [6.07, 6.45) is 3.52. The molecule has 0 radical (unpaired) electrons. The van der Waals surface area contributed by atoms with Gasteiger partial charge in [-0.3, -0.25) is 0 Å². The lowest BCUT2D eigenvalue weighted by molar-refractivity contribution is 0.567. The van der Waals surface area contributed by atoms with Crippen LogP contribution in [0.5, 0.6) is 0 Å². The summed E-state index contributed by atoms with van der Waals surface area (Å²) in [5.41, 5.74) is 2.33. The maximum Gasteiger partial charge on any atom is 0.0922 e. The van der Waals surface area contributed by atoms with Crippen molar-refractivity contribution in [2.75, 3.05) is 0 Å². The van der Waals surface area contributed by atoms with Crippen molar-refractivity contribution in [3.05, 3.63) is 50.9 Å². The highest BCUT2D eigenvalue weighted by molar-refractivity contribution is 9.11. The Balaban J connectivity index is 2.01. The standard InChI is InChI=1S/C12H13Br2N3/c1-8(16-6-10-5-15-7-17-10)11-3-2-9(13)4-12(11)14/h2-5,7-8,16H,6H2,1H3,(H,15,17). The van der Waals surface area contributed by atoms with Crippen molar-refractivity contribution in [1.29, 1.82) is 0 Å². The van der Waals surface area contributed by atoms with Gasteiger partial charge in [-0.25, -0.2) is 4.98 Å². The van der Waals surface area contributed by atoms with Crippen LogP contribution in [0.1, 0.15) is 24.2 Å². The Labute approximate surface area is 117 Å². The number of hydrogen-bond acceptors (Lipinski definition) is 2. The van der Waals surface area contributed by atoms with E-state index in [-0.39, 0.29) is 6.04 Å². The molecule has 1 atom stereocenters. The predicted octanol–water partition coefficient (Wildman–Crippen LogP) is 3.79. The van der Waals surface area contributed by atoms with Crippen molar-refractivity contribution in [3.63, 3.8) is 0 Å². The Bertz CT molecular complexity index is 483. The molecule has 0 saturated carbocycles. The molecular formula is C12H13Br2N3. The minimum absolute atomic E-state index is 0.278. The van der Waals surface area contributed by atoms with Crippen LogP contribution in [0.15, 0.2) is 39.7 Å². The van der Waals surface area contributed by atoms with Gasteiger partial charge in [0.2, 0.25) is 0 Å². The van der Waals surface area contributed by atoms with Crippen LogP contribution in [0.3, 0.4) is 0 Å². The largest absolute Gasteiger partial charge is 0.347 e. The maximum atomic E-state index is 3.99. The number of nitrogens with one attached hydrogen (secondary N) is 2. The molecule has 0 aliphatic carbocycles. The summed E-state index contributed by atoms with van der Waals surface area (Å²) in [6, 6.07) is 6.50. The Kier molecular flexibility index (Phi) is 4.36. The quantitative estimate of drug-likeness (QED) is 0.872. The van der Waals surface area contributed by atoms with E-state index in [9.17, 15) is 0 Å². The average Bonchev–Trinajstić information content (AvgIpc) is 2.78. The average molecular weight is 359 g/mol. The molecule has 0 spiro atoms. The van der Waals surface area contributed by atoms with E-state index < -0.39 is 0 Å². The lowest BCUT2D eigenvalue weighted by Crippen LogP contribution is -2.18. The topological polar surface area (TPSA) is 40.7 Å². The molecule has 0 aliphatic heterocycles. The third-order valence-electron chi connectivity index (χ3n) is 2.58. The zero-order valence-corrected chi connectivity index (χ0v) is 12.5. The SMILES string of the molecule is CC(NCc1cnc[nH]1)c1ccc(Br)cc1Br. The lowest BCUT2D eigenvalue weighted by atomic mass is 10.1. The fourth-order valence-electron chi connectivity index (χ4n) is 1.61. The fourth-order valence-corrected chi connectivity index (χ4v) is 3.00. The van der Waals surface area contributed by atoms with Gasteiger partial charge in [0.15, 0.2) is 0 Å². The predicted molar refractivity (Wildman–Crippen MR) is 75.7 cm³/mol. The smallest absolute Gasteiger partial charge is 0.0922 e. The Morgan fingerprint density at radius 2 is 2.24 bits per heavy atom. The second-order valence-corrected chi connectivity index (χ2v) is 5.62. The van der Waals surface area contributed by atoms with E-state index in [2.05, 4.69) is 72.3 Å². The molecule has 1 unspecified atom stereocenters. The van der Waals surface area contributed by atoms with Gasteiger partial charge in [-0.05, 0) is 24.6 Å². The lowest BCUT2D eigenvalue weighted by Gasteiger charge is -2.15. The molecule has 0 aliphatic rings. The van der Waals surface area contributed by atoms with Crippen LogP contribution in [-0.4, -0.2) is 9.97 Å². The molecule has 1 aromatic carbocycles.